The summed E-state index contributed by atoms with van der Waals surface area (Å²) in [7, 11) is 0. The number of Topliss-reactive ketones (excluding diaryl/α,β-unsaturated/α-hetero) is 1. The van der Waals surface area contributed by atoms with Gasteiger partial charge in [-0.15, -0.1) is 0 Å². The Morgan fingerprint density at radius 1 is 1.38 bits per heavy atom. The summed E-state index contributed by atoms with van der Waals surface area (Å²) in [6.45, 7) is 5.72. The number of halogens is 1. The second-order valence-electron chi connectivity index (χ2n) is 4.13. The van der Waals surface area contributed by atoms with E-state index >= 15 is 0 Å². The van der Waals surface area contributed by atoms with Crippen molar-refractivity contribution >= 4 is 5.78 Å². The molecule has 0 aromatic heterocycles. The van der Waals surface area contributed by atoms with E-state index < -0.39 is 5.60 Å². The van der Waals surface area contributed by atoms with Crippen LogP contribution in [0, 0.1) is 5.82 Å². The van der Waals surface area contributed by atoms with Crippen LogP contribution in [0.1, 0.15) is 26.3 Å². The molecule has 0 aliphatic carbocycles. The monoisotopic (exact) mass is 224 g/mol. The molecule has 0 bridgehead atoms. The minimum atomic E-state index is -0.850. The lowest BCUT2D eigenvalue weighted by Gasteiger charge is -2.23. The lowest BCUT2D eigenvalue weighted by Crippen LogP contribution is -2.36. The molecule has 16 heavy (non-hydrogen) atoms. The molecule has 1 rings (SSSR count). The first-order valence-corrected chi connectivity index (χ1v) is 5.38. The Kier molecular flexibility index (Phi) is 4.19. The molecule has 0 saturated heterocycles. The highest BCUT2D eigenvalue weighted by atomic mass is 19.1. The fourth-order valence-corrected chi connectivity index (χ4v) is 1.47. The van der Waals surface area contributed by atoms with Crippen molar-refractivity contribution in [1.29, 1.82) is 0 Å². The van der Waals surface area contributed by atoms with Gasteiger partial charge >= 0.3 is 0 Å². The first kappa shape index (κ1) is 12.8. The number of hydrogen-bond acceptors (Lipinski definition) is 2. The van der Waals surface area contributed by atoms with E-state index in [1.54, 1.807) is 32.0 Å². The molecule has 0 atom stereocenters. The molecule has 0 spiro atoms. The normalized spacial score (nSPS) is 11.5. The zero-order valence-corrected chi connectivity index (χ0v) is 9.92. The summed E-state index contributed by atoms with van der Waals surface area (Å²) >= 11 is 0. The number of carbonyl (C=O) groups excluding carboxylic acids is 1. The molecule has 0 fully saturated rings. The predicted molar refractivity (Wildman–Crippen MR) is 60.8 cm³/mol. The number of rotatable bonds is 5. The molecule has 0 amide bonds. The summed E-state index contributed by atoms with van der Waals surface area (Å²) in [5.74, 6) is -0.456. The van der Waals surface area contributed by atoms with Gasteiger partial charge in [0.2, 0.25) is 0 Å². The Labute approximate surface area is 95.4 Å². The number of ketones is 1. The first-order chi connectivity index (χ1) is 7.47. The third kappa shape index (κ3) is 3.14. The smallest absolute Gasteiger partial charge is 0.168 e. The highest BCUT2D eigenvalue weighted by Crippen LogP contribution is 2.16. The largest absolute Gasteiger partial charge is 0.368 e. The summed E-state index contributed by atoms with van der Waals surface area (Å²) in [6, 6.07) is 6.31. The summed E-state index contributed by atoms with van der Waals surface area (Å²) < 4.78 is 18.7. The first-order valence-electron chi connectivity index (χ1n) is 5.38. The molecule has 0 N–H and O–H groups in total. The van der Waals surface area contributed by atoms with Crippen LogP contribution in [-0.4, -0.2) is 18.0 Å². The van der Waals surface area contributed by atoms with Crippen LogP contribution in [0.2, 0.25) is 0 Å². The average Bonchev–Trinajstić information content (AvgIpc) is 2.21. The van der Waals surface area contributed by atoms with E-state index in [9.17, 15) is 9.18 Å². The molecule has 2 nitrogen and oxygen atoms in total. The predicted octanol–water partition coefficient (Wildman–Crippen LogP) is 2.75. The molecule has 0 saturated carbocycles. The van der Waals surface area contributed by atoms with Gasteiger partial charge in [-0.3, -0.25) is 4.79 Å². The Hall–Kier alpha value is -1.22. The van der Waals surface area contributed by atoms with Gasteiger partial charge in [0.05, 0.1) is 0 Å². The van der Waals surface area contributed by atoms with Crippen LogP contribution in [0.15, 0.2) is 24.3 Å². The number of benzene rings is 1. The fraction of sp³-hybridized carbons (Fsp3) is 0.462. The highest BCUT2D eigenvalue weighted by molar-refractivity contribution is 5.88. The van der Waals surface area contributed by atoms with Crippen molar-refractivity contribution in [2.24, 2.45) is 0 Å². The van der Waals surface area contributed by atoms with E-state index in [0.29, 0.717) is 12.2 Å². The molecule has 88 valence electrons. The van der Waals surface area contributed by atoms with Gasteiger partial charge in [-0.05, 0) is 32.4 Å². The van der Waals surface area contributed by atoms with Crippen molar-refractivity contribution in [1.82, 2.24) is 0 Å². The lowest BCUT2D eigenvalue weighted by molar-refractivity contribution is -0.139. The maximum absolute atomic E-state index is 13.3. The molecule has 0 aliphatic rings. The van der Waals surface area contributed by atoms with Gasteiger partial charge in [-0.2, -0.15) is 0 Å². The lowest BCUT2D eigenvalue weighted by atomic mass is 9.96. The summed E-state index contributed by atoms with van der Waals surface area (Å²) in [5, 5.41) is 0. The van der Waals surface area contributed by atoms with Crippen LogP contribution < -0.4 is 0 Å². The maximum Gasteiger partial charge on any atom is 0.168 e. The van der Waals surface area contributed by atoms with Crippen molar-refractivity contribution in [2.75, 3.05) is 6.61 Å². The van der Waals surface area contributed by atoms with Crippen molar-refractivity contribution in [3.8, 4) is 0 Å². The van der Waals surface area contributed by atoms with Crippen molar-refractivity contribution in [3.05, 3.63) is 35.6 Å². The van der Waals surface area contributed by atoms with Crippen LogP contribution in [0.4, 0.5) is 4.39 Å². The molecule has 0 heterocycles. The Morgan fingerprint density at radius 2 is 2.00 bits per heavy atom. The molecule has 1 aromatic carbocycles. The topological polar surface area (TPSA) is 26.3 Å². The van der Waals surface area contributed by atoms with Gasteiger partial charge < -0.3 is 4.74 Å². The zero-order valence-electron chi connectivity index (χ0n) is 9.92. The van der Waals surface area contributed by atoms with Gasteiger partial charge in [0.25, 0.3) is 0 Å². The standard InChI is InChI=1S/C13H17FO2/c1-4-16-13(2,3)12(15)9-10-7-5-6-8-11(10)14/h5-8H,4,9H2,1-3H3. The van der Waals surface area contributed by atoms with Crippen LogP contribution >= 0.6 is 0 Å². The minimum Gasteiger partial charge on any atom is -0.368 e. The average molecular weight is 224 g/mol. The molecular weight excluding hydrogens is 207 g/mol. The summed E-state index contributed by atoms with van der Waals surface area (Å²) in [4.78, 5) is 11.9. The maximum atomic E-state index is 13.3. The second kappa shape index (κ2) is 5.21. The number of carbonyl (C=O) groups is 1. The van der Waals surface area contributed by atoms with Crippen LogP contribution in [0.25, 0.3) is 0 Å². The quantitative estimate of drug-likeness (QED) is 0.768. The molecule has 0 radical (unpaired) electrons. The van der Waals surface area contributed by atoms with E-state index in [1.807, 2.05) is 6.92 Å². The van der Waals surface area contributed by atoms with Crippen molar-refractivity contribution < 1.29 is 13.9 Å². The van der Waals surface area contributed by atoms with Crippen molar-refractivity contribution in [2.45, 2.75) is 32.8 Å². The Balaban J connectivity index is 2.75. The number of ether oxygens (including phenoxy) is 1. The van der Waals surface area contributed by atoms with E-state index in [2.05, 4.69) is 0 Å². The van der Waals surface area contributed by atoms with Gasteiger partial charge in [0, 0.05) is 13.0 Å². The van der Waals surface area contributed by atoms with Crippen LogP contribution in [0.3, 0.4) is 0 Å². The van der Waals surface area contributed by atoms with Gasteiger partial charge in [0.15, 0.2) is 5.78 Å². The molecule has 0 unspecified atom stereocenters. The van der Waals surface area contributed by atoms with E-state index in [1.165, 1.54) is 6.07 Å². The highest BCUT2D eigenvalue weighted by Gasteiger charge is 2.28. The second-order valence-corrected chi connectivity index (χ2v) is 4.13. The molecule has 0 aliphatic heterocycles. The molecule has 1 aromatic rings. The third-order valence-electron chi connectivity index (χ3n) is 2.49. The molecule has 3 heteroatoms. The summed E-state index contributed by atoms with van der Waals surface area (Å²) in [5.41, 5.74) is -0.433. The van der Waals surface area contributed by atoms with Gasteiger partial charge in [-0.25, -0.2) is 4.39 Å². The Morgan fingerprint density at radius 3 is 2.56 bits per heavy atom. The summed E-state index contributed by atoms with van der Waals surface area (Å²) in [6.07, 6.45) is 0.0691. The zero-order chi connectivity index (χ0) is 12.2. The van der Waals surface area contributed by atoms with E-state index in [-0.39, 0.29) is 18.0 Å². The number of hydrogen-bond donors (Lipinski definition) is 0. The van der Waals surface area contributed by atoms with E-state index in [0.717, 1.165) is 0 Å². The van der Waals surface area contributed by atoms with Crippen LogP contribution in [0.5, 0.6) is 0 Å². The third-order valence-corrected chi connectivity index (χ3v) is 2.49. The van der Waals surface area contributed by atoms with Crippen LogP contribution in [-0.2, 0) is 16.0 Å². The SMILES string of the molecule is CCOC(C)(C)C(=O)Cc1ccccc1F. The Bertz CT molecular complexity index is 372. The van der Waals surface area contributed by atoms with E-state index in [4.69, 9.17) is 4.74 Å². The van der Waals surface area contributed by atoms with Gasteiger partial charge in [-0.1, -0.05) is 18.2 Å². The molecular formula is C13H17FO2. The minimum absolute atomic E-state index is 0.0691. The van der Waals surface area contributed by atoms with Crippen molar-refractivity contribution in [3.63, 3.8) is 0 Å². The van der Waals surface area contributed by atoms with Gasteiger partial charge in [0.1, 0.15) is 11.4 Å². The fourth-order valence-electron chi connectivity index (χ4n) is 1.47.